The fourth-order valence-corrected chi connectivity index (χ4v) is 2.30. The summed E-state index contributed by atoms with van der Waals surface area (Å²) in [6.07, 6.45) is 0. The summed E-state index contributed by atoms with van der Waals surface area (Å²) in [5.41, 5.74) is 1.15. The maximum absolute atomic E-state index is 11.8. The lowest BCUT2D eigenvalue weighted by molar-refractivity contribution is -0.0326. The van der Waals surface area contributed by atoms with Gasteiger partial charge >= 0.3 is 5.51 Å². The molecular formula is C6H10F3N5S2. The Hall–Kier alpha value is -0.480. The average molecular weight is 273 g/mol. The highest BCUT2D eigenvalue weighted by Gasteiger charge is 2.27. The van der Waals surface area contributed by atoms with Gasteiger partial charge in [-0.25, -0.2) is 4.68 Å². The molecule has 92 valence electrons. The molecule has 1 rings (SSSR count). The second-order valence-electron chi connectivity index (χ2n) is 2.62. The molecule has 1 aromatic heterocycles. The molecular weight excluding hydrogens is 263 g/mol. The van der Waals surface area contributed by atoms with Gasteiger partial charge in [-0.15, -0.1) is 5.10 Å². The molecule has 0 atom stereocenters. The van der Waals surface area contributed by atoms with Gasteiger partial charge in [0.15, 0.2) is 0 Å². The van der Waals surface area contributed by atoms with Crippen LogP contribution in [0.4, 0.5) is 13.2 Å². The van der Waals surface area contributed by atoms with Gasteiger partial charge in [0.05, 0.1) is 6.54 Å². The van der Waals surface area contributed by atoms with Gasteiger partial charge in [0.2, 0.25) is 5.16 Å². The van der Waals surface area contributed by atoms with Crippen LogP contribution in [0.15, 0.2) is 5.16 Å². The molecule has 0 radical (unpaired) electrons. The first-order valence-corrected chi connectivity index (χ1v) is 6.30. The van der Waals surface area contributed by atoms with Crippen LogP contribution in [0.3, 0.4) is 0 Å². The van der Waals surface area contributed by atoms with E-state index in [1.807, 2.05) is 0 Å². The van der Waals surface area contributed by atoms with Crippen LogP contribution in [0.1, 0.15) is 0 Å². The van der Waals surface area contributed by atoms with Crippen molar-refractivity contribution in [3.05, 3.63) is 0 Å². The molecule has 2 N–H and O–H groups in total. The van der Waals surface area contributed by atoms with E-state index in [0.717, 1.165) is 0 Å². The van der Waals surface area contributed by atoms with E-state index >= 15 is 0 Å². The summed E-state index contributed by atoms with van der Waals surface area (Å²) < 4.78 is 36.9. The zero-order valence-electron chi connectivity index (χ0n) is 8.15. The fraction of sp³-hybridized carbons (Fsp3) is 0.833. The number of hydrogen-bond donors (Lipinski definition) is 1. The van der Waals surface area contributed by atoms with Crippen molar-refractivity contribution in [2.75, 3.05) is 18.1 Å². The molecule has 1 aromatic rings. The Bertz CT molecular complexity index is 315. The normalized spacial score (nSPS) is 12.0. The minimum atomic E-state index is -4.18. The predicted molar refractivity (Wildman–Crippen MR) is 56.1 cm³/mol. The van der Waals surface area contributed by atoms with Crippen LogP contribution in [0.2, 0.25) is 0 Å². The average Bonchev–Trinajstić information content (AvgIpc) is 2.60. The number of tetrazole rings is 1. The Labute approximate surface area is 98.3 Å². The van der Waals surface area contributed by atoms with Crippen LogP contribution in [0.25, 0.3) is 0 Å². The Morgan fingerprint density at radius 1 is 1.31 bits per heavy atom. The quantitative estimate of drug-likeness (QED) is 0.615. The second-order valence-corrected chi connectivity index (χ2v) is 4.84. The molecule has 0 bridgehead atoms. The van der Waals surface area contributed by atoms with E-state index in [2.05, 4.69) is 15.5 Å². The molecule has 5 nitrogen and oxygen atoms in total. The van der Waals surface area contributed by atoms with Gasteiger partial charge in [-0.3, -0.25) is 0 Å². The Kier molecular flexibility index (Phi) is 5.35. The van der Waals surface area contributed by atoms with Crippen molar-refractivity contribution in [2.24, 2.45) is 5.73 Å². The number of rotatable bonds is 6. The molecule has 0 amide bonds. The molecule has 0 saturated heterocycles. The molecule has 10 heteroatoms. The summed E-state index contributed by atoms with van der Waals surface area (Å²) in [4.78, 5) is 0. The molecule has 16 heavy (non-hydrogen) atoms. The molecule has 0 spiro atoms. The first-order valence-electron chi connectivity index (χ1n) is 4.32. The van der Waals surface area contributed by atoms with Gasteiger partial charge in [-0.1, -0.05) is 23.5 Å². The van der Waals surface area contributed by atoms with Crippen molar-refractivity contribution in [3.8, 4) is 0 Å². The van der Waals surface area contributed by atoms with Crippen LogP contribution in [-0.2, 0) is 6.54 Å². The van der Waals surface area contributed by atoms with Gasteiger partial charge < -0.3 is 5.73 Å². The third-order valence-corrected chi connectivity index (χ3v) is 3.37. The highest BCUT2D eigenvalue weighted by atomic mass is 32.2. The summed E-state index contributed by atoms with van der Waals surface area (Å²) >= 11 is 1.14. The Balaban J connectivity index is 2.29. The minimum Gasteiger partial charge on any atom is -0.329 e. The van der Waals surface area contributed by atoms with E-state index in [1.165, 1.54) is 16.4 Å². The van der Waals surface area contributed by atoms with Gasteiger partial charge in [-0.05, 0) is 10.4 Å². The highest BCUT2D eigenvalue weighted by molar-refractivity contribution is 8.03. The summed E-state index contributed by atoms with van der Waals surface area (Å²) in [6, 6.07) is 0. The van der Waals surface area contributed by atoms with Gasteiger partial charge in [0.1, 0.15) is 0 Å². The molecule has 1 heterocycles. The van der Waals surface area contributed by atoms with Crippen LogP contribution < -0.4 is 5.73 Å². The number of halogens is 3. The Morgan fingerprint density at radius 3 is 2.69 bits per heavy atom. The topological polar surface area (TPSA) is 69.6 Å². The van der Waals surface area contributed by atoms with Crippen molar-refractivity contribution in [2.45, 2.75) is 17.2 Å². The third kappa shape index (κ3) is 5.03. The van der Waals surface area contributed by atoms with Crippen LogP contribution in [0, 0.1) is 0 Å². The van der Waals surface area contributed by atoms with E-state index in [4.69, 9.17) is 5.73 Å². The lowest BCUT2D eigenvalue weighted by Gasteiger charge is -2.04. The minimum absolute atomic E-state index is 0.0242. The van der Waals surface area contributed by atoms with Gasteiger partial charge in [0.25, 0.3) is 0 Å². The van der Waals surface area contributed by atoms with Crippen molar-refractivity contribution in [1.29, 1.82) is 0 Å². The zero-order chi connectivity index (χ0) is 12.0. The fourth-order valence-electron chi connectivity index (χ4n) is 0.853. The molecule has 0 aliphatic heterocycles. The third-order valence-electron chi connectivity index (χ3n) is 1.42. The second kappa shape index (κ2) is 6.30. The lowest BCUT2D eigenvalue weighted by Crippen LogP contribution is -2.12. The number of alkyl halides is 3. The maximum Gasteiger partial charge on any atom is 0.441 e. The smallest absolute Gasteiger partial charge is 0.329 e. The number of nitrogens with zero attached hydrogens (tertiary/aromatic N) is 4. The van der Waals surface area contributed by atoms with Crippen LogP contribution >= 0.6 is 23.5 Å². The SMILES string of the molecule is NCCn1nnnc1SCCSC(F)(F)F. The molecule has 0 saturated carbocycles. The van der Waals surface area contributed by atoms with Crippen LogP contribution in [-0.4, -0.2) is 43.8 Å². The van der Waals surface area contributed by atoms with Crippen LogP contribution in [0.5, 0.6) is 0 Å². The highest BCUT2D eigenvalue weighted by Crippen LogP contribution is 2.31. The molecule has 0 aromatic carbocycles. The summed E-state index contributed by atoms with van der Waals surface area (Å²) in [5.74, 6) is 0.277. The monoisotopic (exact) mass is 273 g/mol. The molecule has 0 aliphatic carbocycles. The zero-order valence-corrected chi connectivity index (χ0v) is 9.78. The first kappa shape index (κ1) is 13.6. The molecule has 0 fully saturated rings. The standard InChI is InChI=1S/C6H10F3N5S2/c7-6(8,9)16-4-3-15-5-11-12-13-14(5)2-1-10/h1-4,10H2. The van der Waals surface area contributed by atoms with E-state index in [1.54, 1.807) is 0 Å². The van der Waals surface area contributed by atoms with E-state index in [9.17, 15) is 13.2 Å². The number of hydrogen-bond acceptors (Lipinski definition) is 6. The van der Waals surface area contributed by atoms with E-state index < -0.39 is 5.51 Å². The van der Waals surface area contributed by atoms with Gasteiger partial charge in [0, 0.05) is 18.1 Å². The number of thioether (sulfide) groups is 2. The maximum atomic E-state index is 11.8. The van der Waals surface area contributed by atoms with Crippen molar-refractivity contribution < 1.29 is 13.2 Å². The van der Waals surface area contributed by atoms with E-state index in [0.29, 0.717) is 24.0 Å². The summed E-state index contributed by atoms with van der Waals surface area (Å²) in [5, 5.41) is 11.3. The Morgan fingerprint density at radius 2 is 2.06 bits per heavy atom. The first-order chi connectivity index (χ1) is 7.53. The van der Waals surface area contributed by atoms with Crippen molar-refractivity contribution in [1.82, 2.24) is 20.2 Å². The summed E-state index contributed by atoms with van der Waals surface area (Å²) in [7, 11) is 0. The number of nitrogens with two attached hydrogens (primary N) is 1. The summed E-state index contributed by atoms with van der Waals surface area (Å²) in [6.45, 7) is 0.845. The van der Waals surface area contributed by atoms with E-state index in [-0.39, 0.29) is 17.5 Å². The lowest BCUT2D eigenvalue weighted by atomic mass is 10.7. The van der Waals surface area contributed by atoms with Crippen molar-refractivity contribution in [3.63, 3.8) is 0 Å². The largest absolute Gasteiger partial charge is 0.441 e. The van der Waals surface area contributed by atoms with Crippen molar-refractivity contribution >= 4 is 23.5 Å². The molecule has 0 unspecified atom stereocenters. The molecule has 0 aliphatic rings. The number of aromatic nitrogens is 4. The predicted octanol–water partition coefficient (Wildman–Crippen LogP) is 0.977. The van der Waals surface area contributed by atoms with Gasteiger partial charge in [-0.2, -0.15) is 13.2 Å².